The highest BCUT2D eigenvalue weighted by atomic mass is 79.9. The van der Waals surface area contributed by atoms with Gasteiger partial charge >= 0.3 is 0 Å². The maximum absolute atomic E-state index is 12.5. The van der Waals surface area contributed by atoms with Crippen LogP contribution in [0.3, 0.4) is 0 Å². The van der Waals surface area contributed by atoms with E-state index >= 15 is 0 Å². The van der Waals surface area contributed by atoms with Gasteiger partial charge in [-0.2, -0.15) is 0 Å². The van der Waals surface area contributed by atoms with E-state index in [1.165, 1.54) is 10.4 Å². The average molecular weight is 435 g/mol. The Morgan fingerprint density at radius 3 is 3.00 bits per heavy atom. The van der Waals surface area contributed by atoms with E-state index in [1.807, 2.05) is 34.4 Å². The zero-order valence-corrected chi connectivity index (χ0v) is 17.3. The van der Waals surface area contributed by atoms with Gasteiger partial charge in [0.2, 0.25) is 5.91 Å². The van der Waals surface area contributed by atoms with E-state index in [-0.39, 0.29) is 5.91 Å². The molecule has 0 aliphatic carbocycles. The number of benzene rings is 1. The van der Waals surface area contributed by atoms with E-state index in [9.17, 15) is 4.79 Å². The molecule has 1 fully saturated rings. The van der Waals surface area contributed by atoms with E-state index < -0.39 is 0 Å². The van der Waals surface area contributed by atoms with Gasteiger partial charge in [0.25, 0.3) is 0 Å². The number of aryl methyl sites for hydroxylation is 1. The molecular weight excluding hydrogens is 412 g/mol. The number of hydrogen-bond donors (Lipinski definition) is 0. The number of fused-ring (bicyclic) bond motifs is 1. The standard InChI is InChI=1S/C20H23BrN2O2S/c1-25-18-4-3-16(21)10-14(18)2-5-20(24)23-12-17(13-23)22-8-6-19-15(11-22)7-9-26-19/h3-4,7,9-10,17H,2,5-6,8,11-13H2,1H3. The van der Waals surface area contributed by atoms with Crippen LogP contribution in [-0.4, -0.2) is 48.5 Å². The minimum atomic E-state index is 0.247. The van der Waals surface area contributed by atoms with Crippen molar-refractivity contribution >= 4 is 33.2 Å². The first kappa shape index (κ1) is 18.0. The Morgan fingerprint density at radius 1 is 1.35 bits per heavy atom. The van der Waals surface area contributed by atoms with E-state index in [0.717, 1.165) is 48.4 Å². The molecule has 0 saturated carbocycles. The summed E-state index contributed by atoms with van der Waals surface area (Å²) in [5.74, 6) is 1.10. The number of methoxy groups -OCH3 is 1. The molecule has 0 unspecified atom stereocenters. The minimum absolute atomic E-state index is 0.247. The summed E-state index contributed by atoms with van der Waals surface area (Å²) in [4.78, 5) is 18.6. The normalized spacial score (nSPS) is 17.7. The lowest BCUT2D eigenvalue weighted by Gasteiger charge is -2.46. The first-order valence-electron chi connectivity index (χ1n) is 9.03. The molecule has 1 amide bonds. The quantitative estimate of drug-likeness (QED) is 0.718. The summed E-state index contributed by atoms with van der Waals surface area (Å²) in [6.07, 6.45) is 2.40. The third-order valence-electron chi connectivity index (χ3n) is 5.42. The third-order valence-corrected chi connectivity index (χ3v) is 6.94. The van der Waals surface area contributed by atoms with E-state index in [0.29, 0.717) is 18.9 Å². The van der Waals surface area contributed by atoms with Crippen molar-refractivity contribution in [2.24, 2.45) is 0 Å². The van der Waals surface area contributed by atoms with Gasteiger partial charge < -0.3 is 9.64 Å². The summed E-state index contributed by atoms with van der Waals surface area (Å²) in [5, 5.41) is 2.20. The number of carbonyl (C=O) groups excluding carboxylic acids is 1. The van der Waals surface area contributed by atoms with E-state index in [2.05, 4.69) is 32.3 Å². The fraction of sp³-hybridized carbons (Fsp3) is 0.450. The van der Waals surface area contributed by atoms with Crippen molar-refractivity contribution < 1.29 is 9.53 Å². The van der Waals surface area contributed by atoms with Crippen LogP contribution < -0.4 is 4.74 Å². The van der Waals surface area contributed by atoms with Gasteiger partial charge in [-0.05, 0) is 53.6 Å². The molecule has 4 nitrogen and oxygen atoms in total. The fourth-order valence-electron chi connectivity index (χ4n) is 3.81. The Hall–Kier alpha value is -1.37. The van der Waals surface area contributed by atoms with Crippen molar-refractivity contribution in [1.82, 2.24) is 9.80 Å². The van der Waals surface area contributed by atoms with Gasteiger partial charge in [-0.3, -0.25) is 9.69 Å². The topological polar surface area (TPSA) is 32.8 Å². The zero-order chi connectivity index (χ0) is 18.1. The Balaban J connectivity index is 1.27. The van der Waals surface area contributed by atoms with Gasteiger partial charge in [0.1, 0.15) is 5.75 Å². The predicted molar refractivity (Wildman–Crippen MR) is 108 cm³/mol. The molecule has 3 heterocycles. The van der Waals surface area contributed by atoms with Crippen molar-refractivity contribution in [2.75, 3.05) is 26.7 Å². The van der Waals surface area contributed by atoms with Gasteiger partial charge in [0.15, 0.2) is 0 Å². The second-order valence-electron chi connectivity index (χ2n) is 7.00. The zero-order valence-electron chi connectivity index (χ0n) is 14.9. The average Bonchev–Trinajstić information content (AvgIpc) is 3.06. The Labute approximate surface area is 166 Å². The minimum Gasteiger partial charge on any atom is -0.496 e. The molecule has 2 aliphatic heterocycles. The highest BCUT2D eigenvalue weighted by Gasteiger charge is 2.35. The van der Waals surface area contributed by atoms with Crippen LogP contribution in [0.5, 0.6) is 5.75 Å². The molecule has 1 aromatic carbocycles. The van der Waals surface area contributed by atoms with Crippen LogP contribution in [0.1, 0.15) is 22.4 Å². The molecule has 2 aromatic rings. The van der Waals surface area contributed by atoms with Crippen molar-refractivity contribution in [3.05, 3.63) is 50.1 Å². The summed E-state index contributed by atoms with van der Waals surface area (Å²) in [6.45, 7) is 3.90. The molecule has 0 radical (unpaired) electrons. The lowest BCUT2D eigenvalue weighted by Crippen LogP contribution is -2.61. The number of nitrogens with zero attached hydrogens (tertiary/aromatic N) is 2. The molecule has 26 heavy (non-hydrogen) atoms. The van der Waals surface area contributed by atoms with Crippen LogP contribution in [0.4, 0.5) is 0 Å². The van der Waals surface area contributed by atoms with Gasteiger partial charge in [-0.15, -0.1) is 11.3 Å². The first-order chi connectivity index (χ1) is 12.6. The SMILES string of the molecule is COc1ccc(Br)cc1CCC(=O)N1CC(N2CCc3sccc3C2)C1. The number of halogens is 1. The highest BCUT2D eigenvalue weighted by molar-refractivity contribution is 9.10. The molecule has 1 aromatic heterocycles. The summed E-state index contributed by atoms with van der Waals surface area (Å²) in [5.41, 5.74) is 2.56. The first-order valence-corrected chi connectivity index (χ1v) is 10.7. The maximum Gasteiger partial charge on any atom is 0.223 e. The number of rotatable bonds is 5. The van der Waals surface area contributed by atoms with Crippen LogP contribution in [0.25, 0.3) is 0 Å². The Morgan fingerprint density at radius 2 is 2.19 bits per heavy atom. The molecular formula is C20H23BrN2O2S. The lowest BCUT2D eigenvalue weighted by molar-refractivity contribution is -0.138. The number of likely N-dealkylation sites (tertiary alicyclic amines) is 1. The second kappa shape index (κ2) is 7.71. The molecule has 2 aliphatic rings. The molecule has 0 N–H and O–H groups in total. The van der Waals surface area contributed by atoms with Crippen LogP contribution in [0.2, 0.25) is 0 Å². The number of thiophene rings is 1. The summed E-state index contributed by atoms with van der Waals surface area (Å²) >= 11 is 5.37. The highest BCUT2D eigenvalue weighted by Crippen LogP contribution is 2.28. The number of amides is 1. The molecule has 138 valence electrons. The number of ether oxygens (including phenoxy) is 1. The maximum atomic E-state index is 12.5. The Bertz CT molecular complexity index is 801. The molecule has 0 spiro atoms. The van der Waals surface area contributed by atoms with Crippen LogP contribution in [-0.2, 0) is 24.2 Å². The van der Waals surface area contributed by atoms with Crippen molar-refractivity contribution in [3.8, 4) is 5.75 Å². The van der Waals surface area contributed by atoms with Gasteiger partial charge in [0.05, 0.1) is 7.11 Å². The lowest BCUT2D eigenvalue weighted by atomic mass is 10.0. The summed E-state index contributed by atoms with van der Waals surface area (Å²) in [6, 6.07) is 8.71. The molecule has 0 atom stereocenters. The van der Waals surface area contributed by atoms with Crippen LogP contribution in [0.15, 0.2) is 34.1 Å². The van der Waals surface area contributed by atoms with Crippen molar-refractivity contribution in [2.45, 2.75) is 31.8 Å². The molecule has 1 saturated heterocycles. The largest absolute Gasteiger partial charge is 0.496 e. The van der Waals surface area contributed by atoms with E-state index in [4.69, 9.17) is 4.74 Å². The van der Waals surface area contributed by atoms with E-state index in [1.54, 1.807) is 7.11 Å². The van der Waals surface area contributed by atoms with Crippen LogP contribution in [0, 0.1) is 0 Å². The summed E-state index contributed by atoms with van der Waals surface area (Å²) in [7, 11) is 1.67. The predicted octanol–water partition coefficient (Wildman–Crippen LogP) is 3.72. The number of carbonyl (C=O) groups is 1. The molecule has 0 bridgehead atoms. The smallest absolute Gasteiger partial charge is 0.223 e. The van der Waals surface area contributed by atoms with Crippen LogP contribution >= 0.6 is 27.3 Å². The summed E-state index contributed by atoms with van der Waals surface area (Å²) < 4.78 is 6.42. The Kier molecular flexibility index (Phi) is 5.34. The van der Waals surface area contributed by atoms with Crippen molar-refractivity contribution in [3.63, 3.8) is 0 Å². The monoisotopic (exact) mass is 434 g/mol. The second-order valence-corrected chi connectivity index (χ2v) is 8.91. The number of hydrogen-bond acceptors (Lipinski definition) is 4. The van der Waals surface area contributed by atoms with Gasteiger partial charge in [0, 0.05) is 48.0 Å². The molecule has 6 heteroatoms. The third kappa shape index (κ3) is 3.68. The van der Waals surface area contributed by atoms with Gasteiger partial charge in [-0.25, -0.2) is 0 Å². The fourth-order valence-corrected chi connectivity index (χ4v) is 5.11. The van der Waals surface area contributed by atoms with Gasteiger partial charge in [-0.1, -0.05) is 15.9 Å². The van der Waals surface area contributed by atoms with Crippen molar-refractivity contribution in [1.29, 1.82) is 0 Å². The molecule has 4 rings (SSSR count).